The number of nitrogens with zero attached hydrogens (tertiary/aromatic N) is 3. The summed E-state index contributed by atoms with van der Waals surface area (Å²) in [6, 6.07) is 8.42. The van der Waals surface area contributed by atoms with Gasteiger partial charge >= 0.3 is 6.18 Å². The molecule has 0 aliphatic carbocycles. The third-order valence-corrected chi connectivity index (χ3v) is 4.54. The molecule has 3 rings (SSSR count). The molecular formula is C18H17ClF3N3O. The van der Waals surface area contributed by atoms with Crippen molar-refractivity contribution >= 4 is 17.5 Å². The molecule has 0 atom stereocenters. The van der Waals surface area contributed by atoms with Gasteiger partial charge in [0.2, 0.25) is 0 Å². The summed E-state index contributed by atoms with van der Waals surface area (Å²) in [5, 5.41) is 0.336. The summed E-state index contributed by atoms with van der Waals surface area (Å²) in [6.45, 7) is 2.99. The van der Waals surface area contributed by atoms with Crippen molar-refractivity contribution in [3.8, 4) is 0 Å². The Morgan fingerprint density at radius 1 is 1.04 bits per heavy atom. The molecule has 1 fully saturated rings. The molecule has 26 heavy (non-hydrogen) atoms. The Balaban J connectivity index is 1.53. The summed E-state index contributed by atoms with van der Waals surface area (Å²) in [4.78, 5) is 20.2. The highest BCUT2D eigenvalue weighted by molar-refractivity contribution is 6.29. The van der Waals surface area contributed by atoms with E-state index in [1.165, 1.54) is 18.3 Å². The molecule has 0 saturated carbocycles. The molecule has 1 amide bonds. The molecule has 1 aliphatic rings. The van der Waals surface area contributed by atoms with Crippen LogP contribution in [0.25, 0.3) is 0 Å². The Morgan fingerprint density at radius 3 is 2.23 bits per heavy atom. The van der Waals surface area contributed by atoms with Crippen LogP contribution in [0, 0.1) is 0 Å². The molecule has 1 aliphatic heterocycles. The smallest absolute Gasteiger partial charge is 0.336 e. The summed E-state index contributed by atoms with van der Waals surface area (Å²) in [6.07, 6.45) is -2.86. The van der Waals surface area contributed by atoms with E-state index in [-0.39, 0.29) is 5.91 Å². The number of rotatable bonds is 3. The van der Waals surface area contributed by atoms with Crippen molar-refractivity contribution in [2.75, 3.05) is 26.2 Å². The molecule has 1 aromatic heterocycles. The standard InChI is InChI=1S/C18H17ClF3N3O/c19-16-6-3-14(11-23-16)17(26)25-9-7-24(8-10-25)12-13-1-4-15(5-2-13)18(20,21)22/h1-6,11H,7-10,12H2. The molecule has 1 aromatic carbocycles. The maximum atomic E-state index is 12.6. The molecule has 138 valence electrons. The maximum Gasteiger partial charge on any atom is 0.416 e. The van der Waals surface area contributed by atoms with E-state index in [2.05, 4.69) is 9.88 Å². The van der Waals surface area contributed by atoms with E-state index in [0.29, 0.717) is 43.4 Å². The highest BCUT2D eigenvalue weighted by Crippen LogP contribution is 2.29. The minimum atomic E-state index is -4.32. The minimum Gasteiger partial charge on any atom is -0.336 e. The lowest BCUT2D eigenvalue weighted by Gasteiger charge is -2.34. The number of hydrogen-bond donors (Lipinski definition) is 0. The van der Waals surface area contributed by atoms with Gasteiger partial charge in [0.05, 0.1) is 11.1 Å². The van der Waals surface area contributed by atoms with Crippen molar-refractivity contribution in [2.24, 2.45) is 0 Å². The van der Waals surface area contributed by atoms with Crippen LogP contribution in [0.1, 0.15) is 21.5 Å². The summed E-state index contributed by atoms with van der Waals surface area (Å²) < 4.78 is 37.8. The van der Waals surface area contributed by atoms with Crippen LogP contribution in [0.5, 0.6) is 0 Å². The number of halogens is 4. The number of alkyl halides is 3. The Hall–Kier alpha value is -2.12. The number of carbonyl (C=O) groups excluding carboxylic acids is 1. The Bertz CT molecular complexity index is 755. The van der Waals surface area contributed by atoms with Gasteiger partial charge < -0.3 is 4.90 Å². The van der Waals surface area contributed by atoms with Crippen molar-refractivity contribution in [3.05, 3.63) is 64.4 Å². The van der Waals surface area contributed by atoms with E-state index < -0.39 is 11.7 Å². The zero-order chi connectivity index (χ0) is 18.7. The number of pyridine rings is 1. The van der Waals surface area contributed by atoms with Crippen molar-refractivity contribution in [3.63, 3.8) is 0 Å². The van der Waals surface area contributed by atoms with Gasteiger partial charge in [0, 0.05) is 38.9 Å². The van der Waals surface area contributed by atoms with E-state index in [1.807, 2.05) is 0 Å². The highest BCUT2D eigenvalue weighted by atomic mass is 35.5. The lowest BCUT2D eigenvalue weighted by molar-refractivity contribution is -0.137. The van der Waals surface area contributed by atoms with Crippen LogP contribution in [-0.2, 0) is 12.7 Å². The minimum absolute atomic E-state index is 0.0941. The molecule has 0 unspecified atom stereocenters. The topological polar surface area (TPSA) is 36.4 Å². The summed E-state index contributed by atoms with van der Waals surface area (Å²) in [5.41, 5.74) is 0.665. The third kappa shape index (κ3) is 4.53. The van der Waals surface area contributed by atoms with Crippen LogP contribution in [0.15, 0.2) is 42.6 Å². The van der Waals surface area contributed by atoms with Gasteiger partial charge in [-0.05, 0) is 29.8 Å². The summed E-state index contributed by atoms with van der Waals surface area (Å²) >= 11 is 5.73. The quantitative estimate of drug-likeness (QED) is 0.758. The fourth-order valence-electron chi connectivity index (χ4n) is 2.85. The third-order valence-electron chi connectivity index (χ3n) is 4.32. The lowest BCUT2D eigenvalue weighted by Crippen LogP contribution is -2.48. The van der Waals surface area contributed by atoms with E-state index in [0.717, 1.165) is 17.7 Å². The lowest BCUT2D eigenvalue weighted by atomic mass is 10.1. The summed E-state index contributed by atoms with van der Waals surface area (Å²) in [5.74, 6) is -0.0941. The number of hydrogen-bond acceptors (Lipinski definition) is 3. The molecule has 1 saturated heterocycles. The molecule has 0 bridgehead atoms. The predicted octanol–water partition coefficient (Wildman–Crippen LogP) is 3.71. The highest BCUT2D eigenvalue weighted by Gasteiger charge is 2.30. The fourth-order valence-corrected chi connectivity index (χ4v) is 2.96. The second kappa shape index (κ2) is 7.63. The van der Waals surface area contributed by atoms with Crippen LogP contribution in [0.4, 0.5) is 13.2 Å². The molecule has 2 heterocycles. The molecule has 4 nitrogen and oxygen atoms in total. The normalized spacial score (nSPS) is 15.9. The first-order chi connectivity index (χ1) is 12.3. The molecule has 0 spiro atoms. The zero-order valence-electron chi connectivity index (χ0n) is 13.8. The van der Waals surface area contributed by atoms with Gasteiger partial charge in [0.15, 0.2) is 0 Å². The van der Waals surface area contributed by atoms with Crippen molar-refractivity contribution < 1.29 is 18.0 Å². The number of aromatic nitrogens is 1. The second-order valence-corrected chi connectivity index (χ2v) is 6.52. The Labute approximate surface area is 154 Å². The van der Waals surface area contributed by atoms with Crippen LogP contribution in [0.3, 0.4) is 0 Å². The largest absolute Gasteiger partial charge is 0.416 e. The van der Waals surface area contributed by atoms with Crippen LogP contribution in [0.2, 0.25) is 5.15 Å². The number of amides is 1. The van der Waals surface area contributed by atoms with E-state index in [9.17, 15) is 18.0 Å². The van der Waals surface area contributed by atoms with Gasteiger partial charge in [0.1, 0.15) is 5.15 Å². The first-order valence-corrected chi connectivity index (χ1v) is 8.50. The SMILES string of the molecule is O=C(c1ccc(Cl)nc1)N1CCN(Cc2ccc(C(F)(F)F)cc2)CC1. The van der Waals surface area contributed by atoms with Gasteiger partial charge in [-0.3, -0.25) is 9.69 Å². The zero-order valence-corrected chi connectivity index (χ0v) is 14.6. The van der Waals surface area contributed by atoms with Crippen LogP contribution in [-0.4, -0.2) is 46.9 Å². The number of carbonyl (C=O) groups is 1. The van der Waals surface area contributed by atoms with Crippen LogP contribution >= 0.6 is 11.6 Å². The first kappa shape index (κ1) is 18.7. The number of benzene rings is 1. The van der Waals surface area contributed by atoms with E-state index in [4.69, 9.17) is 11.6 Å². The van der Waals surface area contributed by atoms with Gasteiger partial charge in [-0.15, -0.1) is 0 Å². The van der Waals surface area contributed by atoms with Crippen molar-refractivity contribution in [1.29, 1.82) is 0 Å². The van der Waals surface area contributed by atoms with Crippen molar-refractivity contribution in [2.45, 2.75) is 12.7 Å². The second-order valence-electron chi connectivity index (χ2n) is 6.13. The van der Waals surface area contributed by atoms with E-state index >= 15 is 0 Å². The number of piperazine rings is 1. The first-order valence-electron chi connectivity index (χ1n) is 8.12. The van der Waals surface area contributed by atoms with Crippen LogP contribution < -0.4 is 0 Å². The Kier molecular flexibility index (Phi) is 5.48. The van der Waals surface area contributed by atoms with Crippen molar-refractivity contribution in [1.82, 2.24) is 14.8 Å². The summed E-state index contributed by atoms with van der Waals surface area (Å²) in [7, 11) is 0. The van der Waals surface area contributed by atoms with Gasteiger partial charge in [0.25, 0.3) is 5.91 Å². The molecule has 0 N–H and O–H groups in total. The molecule has 8 heteroatoms. The van der Waals surface area contributed by atoms with Gasteiger partial charge in [-0.1, -0.05) is 23.7 Å². The van der Waals surface area contributed by atoms with E-state index in [1.54, 1.807) is 17.0 Å². The maximum absolute atomic E-state index is 12.6. The average Bonchev–Trinajstić information content (AvgIpc) is 2.62. The van der Waals surface area contributed by atoms with Gasteiger partial charge in [-0.25, -0.2) is 4.98 Å². The molecule has 2 aromatic rings. The molecular weight excluding hydrogens is 367 g/mol. The Morgan fingerprint density at radius 2 is 1.69 bits per heavy atom. The average molecular weight is 384 g/mol. The van der Waals surface area contributed by atoms with Gasteiger partial charge in [-0.2, -0.15) is 13.2 Å². The fraction of sp³-hybridized carbons (Fsp3) is 0.333. The predicted molar refractivity (Wildman–Crippen MR) is 91.9 cm³/mol. The molecule has 0 radical (unpaired) electrons. The monoisotopic (exact) mass is 383 g/mol.